The highest BCUT2D eigenvalue weighted by molar-refractivity contribution is 7.11. The van der Waals surface area contributed by atoms with Crippen LogP contribution in [0.1, 0.15) is 59.5 Å². The molecular formula is C18H23NS. The van der Waals surface area contributed by atoms with Gasteiger partial charge in [-0.3, -0.25) is 0 Å². The highest BCUT2D eigenvalue weighted by Crippen LogP contribution is 2.37. The molecule has 3 rings (SSSR count). The van der Waals surface area contributed by atoms with E-state index in [1.165, 1.54) is 33.7 Å². The molecule has 0 saturated carbocycles. The second kappa shape index (κ2) is 6.11. The molecule has 20 heavy (non-hydrogen) atoms. The minimum absolute atomic E-state index is 0.523. The van der Waals surface area contributed by atoms with Gasteiger partial charge in [0.05, 0.1) is 0 Å². The molecule has 2 atom stereocenters. The molecule has 0 radical (unpaired) electrons. The first-order valence-electron chi connectivity index (χ1n) is 7.67. The number of fused-ring (bicyclic) bond motifs is 1. The third-order valence-corrected chi connectivity index (χ3v) is 5.61. The highest BCUT2D eigenvalue weighted by Gasteiger charge is 2.23. The molecule has 0 bridgehead atoms. The minimum Gasteiger partial charge on any atom is -0.305 e. The van der Waals surface area contributed by atoms with E-state index < -0.39 is 0 Å². The number of hydrogen-bond donors (Lipinski definition) is 1. The molecule has 2 aromatic rings. The summed E-state index contributed by atoms with van der Waals surface area (Å²) in [6, 6.07) is 14.0. The van der Waals surface area contributed by atoms with Crippen LogP contribution >= 0.6 is 11.3 Å². The molecule has 1 N–H and O–H groups in total. The van der Waals surface area contributed by atoms with Crippen LogP contribution in [0.25, 0.3) is 0 Å². The smallest absolute Gasteiger partial charge is 0.0326 e. The van der Waals surface area contributed by atoms with Gasteiger partial charge in [-0.1, -0.05) is 38.1 Å². The van der Waals surface area contributed by atoms with Crippen LogP contribution in [0.2, 0.25) is 0 Å². The molecule has 0 amide bonds. The summed E-state index contributed by atoms with van der Waals surface area (Å²) >= 11 is 1.94. The average molecular weight is 285 g/mol. The van der Waals surface area contributed by atoms with E-state index in [-0.39, 0.29) is 0 Å². The Hall–Kier alpha value is -1.12. The molecule has 1 aliphatic carbocycles. The predicted octanol–water partition coefficient (Wildman–Crippen LogP) is 5.04. The molecule has 0 spiro atoms. The summed E-state index contributed by atoms with van der Waals surface area (Å²) in [5.74, 6) is 0.706. The molecule has 0 fully saturated rings. The number of benzene rings is 1. The first kappa shape index (κ1) is 13.8. The molecule has 1 nitrogen and oxygen atoms in total. The van der Waals surface area contributed by atoms with Crippen molar-refractivity contribution in [1.82, 2.24) is 5.32 Å². The first-order valence-corrected chi connectivity index (χ1v) is 8.49. The van der Waals surface area contributed by atoms with Gasteiger partial charge in [-0.15, -0.1) is 11.3 Å². The van der Waals surface area contributed by atoms with Gasteiger partial charge in [0.25, 0.3) is 0 Å². The Labute approximate surface area is 126 Å². The molecule has 0 aliphatic heterocycles. The van der Waals surface area contributed by atoms with Gasteiger partial charge in [0.15, 0.2) is 0 Å². The zero-order valence-corrected chi connectivity index (χ0v) is 13.2. The van der Waals surface area contributed by atoms with Gasteiger partial charge >= 0.3 is 0 Å². The van der Waals surface area contributed by atoms with Crippen LogP contribution in [-0.2, 0) is 13.0 Å². The quantitative estimate of drug-likeness (QED) is 0.830. The van der Waals surface area contributed by atoms with Crippen molar-refractivity contribution in [3.63, 3.8) is 0 Å². The molecule has 2 unspecified atom stereocenters. The van der Waals surface area contributed by atoms with E-state index in [2.05, 4.69) is 55.6 Å². The van der Waals surface area contributed by atoms with Gasteiger partial charge in [0.2, 0.25) is 0 Å². The zero-order chi connectivity index (χ0) is 13.9. The van der Waals surface area contributed by atoms with Crippen LogP contribution in [-0.4, -0.2) is 0 Å². The summed E-state index contributed by atoms with van der Waals surface area (Å²) in [5.41, 5.74) is 3.05. The van der Waals surface area contributed by atoms with E-state index in [1.54, 1.807) is 0 Å². The van der Waals surface area contributed by atoms with Gasteiger partial charge in [-0.2, -0.15) is 0 Å². The van der Waals surface area contributed by atoms with Crippen LogP contribution in [0.4, 0.5) is 0 Å². The summed E-state index contributed by atoms with van der Waals surface area (Å²) < 4.78 is 0. The maximum absolute atomic E-state index is 3.76. The fraction of sp³-hybridized carbons (Fsp3) is 0.444. The van der Waals surface area contributed by atoms with Gasteiger partial charge in [-0.05, 0) is 48.4 Å². The largest absolute Gasteiger partial charge is 0.305 e. The molecule has 1 aliphatic rings. The molecule has 1 aromatic heterocycles. The minimum atomic E-state index is 0.523. The van der Waals surface area contributed by atoms with Crippen molar-refractivity contribution in [1.29, 1.82) is 0 Å². The predicted molar refractivity (Wildman–Crippen MR) is 87.4 cm³/mol. The number of aryl methyl sites for hydroxylation is 1. The van der Waals surface area contributed by atoms with Crippen LogP contribution < -0.4 is 5.32 Å². The van der Waals surface area contributed by atoms with Crippen molar-refractivity contribution in [3.05, 3.63) is 57.3 Å². The van der Waals surface area contributed by atoms with Crippen molar-refractivity contribution in [2.24, 2.45) is 0 Å². The Morgan fingerprint density at radius 3 is 2.55 bits per heavy atom. The van der Waals surface area contributed by atoms with E-state index >= 15 is 0 Å². The van der Waals surface area contributed by atoms with Gasteiger partial charge in [0.1, 0.15) is 0 Å². The second-order valence-electron chi connectivity index (χ2n) is 5.76. The third-order valence-electron chi connectivity index (χ3n) is 4.38. The van der Waals surface area contributed by atoms with Crippen LogP contribution in [0, 0.1) is 0 Å². The maximum Gasteiger partial charge on any atom is 0.0326 e. The molecule has 2 heteroatoms. The topological polar surface area (TPSA) is 12.0 Å². The summed E-state index contributed by atoms with van der Waals surface area (Å²) in [6.45, 7) is 5.57. The van der Waals surface area contributed by atoms with E-state index in [0.29, 0.717) is 12.0 Å². The molecule has 1 aromatic carbocycles. The Kier molecular flexibility index (Phi) is 4.23. The summed E-state index contributed by atoms with van der Waals surface area (Å²) in [4.78, 5) is 2.94. The lowest BCUT2D eigenvalue weighted by Gasteiger charge is -2.30. The Balaban J connectivity index is 1.70. The Morgan fingerprint density at radius 2 is 1.80 bits per heavy atom. The normalized spacial score (nSPS) is 21.7. The lowest BCUT2D eigenvalue weighted by Crippen LogP contribution is -2.25. The lowest BCUT2D eigenvalue weighted by atomic mass is 9.81. The summed E-state index contributed by atoms with van der Waals surface area (Å²) in [6.07, 6.45) is 3.69. The van der Waals surface area contributed by atoms with Crippen molar-refractivity contribution in [2.45, 2.75) is 51.6 Å². The van der Waals surface area contributed by atoms with E-state index in [1.807, 2.05) is 11.3 Å². The van der Waals surface area contributed by atoms with Gasteiger partial charge < -0.3 is 5.32 Å². The average Bonchev–Trinajstić information content (AvgIpc) is 2.95. The third kappa shape index (κ3) is 2.82. The van der Waals surface area contributed by atoms with E-state index in [9.17, 15) is 0 Å². The van der Waals surface area contributed by atoms with Crippen molar-refractivity contribution in [3.8, 4) is 0 Å². The van der Waals surface area contributed by atoms with Crippen LogP contribution in [0.3, 0.4) is 0 Å². The first-order chi connectivity index (χ1) is 9.78. The monoisotopic (exact) mass is 285 g/mol. The fourth-order valence-corrected chi connectivity index (χ4v) is 4.06. The molecule has 106 valence electrons. The van der Waals surface area contributed by atoms with E-state index in [4.69, 9.17) is 0 Å². The Bertz CT molecular complexity index is 572. The maximum atomic E-state index is 3.76. The van der Waals surface area contributed by atoms with Crippen molar-refractivity contribution < 1.29 is 0 Å². The highest BCUT2D eigenvalue weighted by atomic mass is 32.1. The number of thiophene rings is 1. The SMILES string of the molecule is CCc1ccc(CNC2CCC(C)c3ccccc32)s1. The van der Waals surface area contributed by atoms with E-state index in [0.717, 1.165) is 13.0 Å². The van der Waals surface area contributed by atoms with Crippen LogP contribution in [0.5, 0.6) is 0 Å². The van der Waals surface area contributed by atoms with Crippen molar-refractivity contribution >= 4 is 11.3 Å². The summed E-state index contributed by atoms with van der Waals surface area (Å²) in [7, 11) is 0. The molecule has 0 saturated heterocycles. The number of nitrogens with one attached hydrogen (secondary N) is 1. The fourth-order valence-electron chi connectivity index (χ4n) is 3.15. The second-order valence-corrected chi connectivity index (χ2v) is 7.02. The van der Waals surface area contributed by atoms with Crippen molar-refractivity contribution in [2.75, 3.05) is 0 Å². The zero-order valence-electron chi connectivity index (χ0n) is 12.4. The number of hydrogen-bond acceptors (Lipinski definition) is 2. The summed E-state index contributed by atoms with van der Waals surface area (Å²) in [5, 5.41) is 3.76. The standard InChI is InChI=1S/C18H23NS/c1-3-14-9-10-15(20-14)12-19-18-11-8-13(2)16-6-4-5-7-17(16)18/h4-7,9-10,13,18-19H,3,8,11-12H2,1-2H3. The van der Waals surface area contributed by atoms with Crippen LogP contribution in [0.15, 0.2) is 36.4 Å². The van der Waals surface area contributed by atoms with Gasteiger partial charge in [0, 0.05) is 22.3 Å². The Morgan fingerprint density at radius 1 is 1.05 bits per heavy atom. The molecule has 1 heterocycles. The lowest BCUT2D eigenvalue weighted by molar-refractivity contribution is 0.432. The number of rotatable bonds is 4. The molecular weight excluding hydrogens is 262 g/mol. The van der Waals surface area contributed by atoms with Gasteiger partial charge in [-0.25, -0.2) is 0 Å².